The van der Waals surface area contributed by atoms with Gasteiger partial charge in [-0.1, -0.05) is 34.8 Å². The number of ketones is 1. The van der Waals surface area contributed by atoms with E-state index in [1.165, 1.54) is 42.5 Å². The molecular weight excluding hydrogens is 469 g/mol. The molecule has 0 bridgehead atoms. The number of amides is 1. The van der Waals surface area contributed by atoms with Crippen LogP contribution in [0, 0.1) is 0 Å². The molecule has 31 heavy (non-hydrogen) atoms. The Morgan fingerprint density at radius 3 is 2.06 bits per heavy atom. The lowest BCUT2D eigenvalue weighted by molar-refractivity contribution is -0.147. The zero-order valence-electron chi connectivity index (χ0n) is 15.4. The third-order valence-corrected chi connectivity index (χ3v) is 4.79. The number of phenols is 1. The SMILES string of the molecule is O=C(O)C(=O)Nc1cc(Cl)c(Oc2ccc(O)cc2C(=O)c2ccc(Cl)cc2)c(Cl)c1. The maximum Gasteiger partial charge on any atom is 0.394 e. The van der Waals surface area contributed by atoms with Gasteiger partial charge in [-0.25, -0.2) is 4.79 Å². The minimum Gasteiger partial charge on any atom is -0.508 e. The van der Waals surface area contributed by atoms with Crippen LogP contribution in [0.2, 0.25) is 15.1 Å². The first-order valence-electron chi connectivity index (χ1n) is 8.50. The molecule has 0 heterocycles. The Bertz CT molecular complexity index is 1170. The van der Waals surface area contributed by atoms with Crippen LogP contribution in [0.25, 0.3) is 0 Å². The van der Waals surface area contributed by atoms with E-state index in [0.29, 0.717) is 10.6 Å². The van der Waals surface area contributed by atoms with E-state index >= 15 is 0 Å². The molecule has 1 amide bonds. The lowest BCUT2D eigenvalue weighted by Crippen LogP contribution is -2.21. The van der Waals surface area contributed by atoms with E-state index in [1.807, 2.05) is 0 Å². The van der Waals surface area contributed by atoms with E-state index in [4.69, 9.17) is 44.6 Å². The van der Waals surface area contributed by atoms with Crippen molar-refractivity contribution < 1.29 is 29.3 Å². The number of carbonyl (C=O) groups excluding carboxylic acids is 2. The summed E-state index contributed by atoms with van der Waals surface area (Å²) in [5, 5.41) is 21.0. The largest absolute Gasteiger partial charge is 0.508 e. The van der Waals surface area contributed by atoms with E-state index in [1.54, 1.807) is 12.1 Å². The van der Waals surface area contributed by atoms with Crippen LogP contribution in [-0.4, -0.2) is 27.9 Å². The summed E-state index contributed by atoms with van der Waals surface area (Å²) >= 11 is 18.2. The number of hydrogen-bond donors (Lipinski definition) is 3. The van der Waals surface area contributed by atoms with Crippen molar-refractivity contribution in [2.24, 2.45) is 0 Å². The predicted octanol–water partition coefficient (Wildman–Crippen LogP) is 5.40. The molecule has 0 aliphatic heterocycles. The molecule has 0 aliphatic rings. The van der Waals surface area contributed by atoms with Gasteiger partial charge in [-0.2, -0.15) is 0 Å². The lowest BCUT2D eigenvalue weighted by Gasteiger charge is -2.14. The third kappa shape index (κ3) is 5.27. The molecule has 0 fully saturated rings. The van der Waals surface area contributed by atoms with Crippen LogP contribution in [-0.2, 0) is 9.59 Å². The fourth-order valence-corrected chi connectivity index (χ4v) is 3.26. The van der Waals surface area contributed by atoms with Gasteiger partial charge in [0.15, 0.2) is 11.5 Å². The number of ether oxygens (including phenoxy) is 1. The smallest absolute Gasteiger partial charge is 0.394 e. The number of nitrogens with one attached hydrogen (secondary N) is 1. The highest BCUT2D eigenvalue weighted by Gasteiger charge is 2.20. The highest BCUT2D eigenvalue weighted by molar-refractivity contribution is 6.39. The predicted molar refractivity (Wildman–Crippen MR) is 116 cm³/mol. The molecular formula is C21H12Cl3NO6. The van der Waals surface area contributed by atoms with Gasteiger partial charge in [0.05, 0.1) is 15.6 Å². The topological polar surface area (TPSA) is 113 Å². The number of aliphatic carboxylic acids is 1. The second-order valence-electron chi connectivity index (χ2n) is 6.15. The lowest BCUT2D eigenvalue weighted by atomic mass is 10.0. The molecule has 0 spiro atoms. The Hall–Kier alpha value is -3.26. The molecule has 3 aromatic rings. The van der Waals surface area contributed by atoms with Crippen LogP contribution in [0.3, 0.4) is 0 Å². The molecule has 3 aromatic carbocycles. The zero-order valence-corrected chi connectivity index (χ0v) is 17.6. The maximum absolute atomic E-state index is 12.9. The third-order valence-electron chi connectivity index (χ3n) is 3.98. The number of halogens is 3. The molecule has 0 saturated carbocycles. The number of anilines is 1. The van der Waals surface area contributed by atoms with Crippen molar-refractivity contribution >= 4 is 58.1 Å². The van der Waals surface area contributed by atoms with Gasteiger partial charge in [0, 0.05) is 16.3 Å². The summed E-state index contributed by atoms with van der Waals surface area (Å²) in [4.78, 5) is 34.9. The summed E-state index contributed by atoms with van der Waals surface area (Å²) in [5.74, 6) is -3.53. The van der Waals surface area contributed by atoms with Crippen molar-refractivity contribution in [3.05, 3.63) is 80.8 Å². The summed E-state index contributed by atoms with van der Waals surface area (Å²) < 4.78 is 5.75. The Morgan fingerprint density at radius 1 is 0.871 bits per heavy atom. The van der Waals surface area contributed by atoms with Gasteiger partial charge in [0.2, 0.25) is 0 Å². The van der Waals surface area contributed by atoms with Crippen molar-refractivity contribution in [1.29, 1.82) is 0 Å². The number of rotatable bonds is 5. The number of hydrogen-bond acceptors (Lipinski definition) is 5. The quantitative estimate of drug-likeness (QED) is 0.333. The van der Waals surface area contributed by atoms with Crippen molar-refractivity contribution in [2.45, 2.75) is 0 Å². The number of benzene rings is 3. The highest BCUT2D eigenvalue weighted by atomic mass is 35.5. The van der Waals surface area contributed by atoms with Crippen LogP contribution in [0.5, 0.6) is 17.2 Å². The highest BCUT2D eigenvalue weighted by Crippen LogP contribution is 2.40. The minimum absolute atomic E-state index is 0.0347. The zero-order chi connectivity index (χ0) is 22.7. The standard InChI is InChI=1S/C21H12Cl3NO6/c22-11-3-1-10(2-4-11)18(27)14-9-13(26)5-6-17(14)31-19-15(23)7-12(8-16(19)24)25-20(28)21(29)30/h1-9,26H,(H,25,28)(H,29,30). The average Bonchev–Trinajstić information content (AvgIpc) is 2.71. The monoisotopic (exact) mass is 479 g/mol. The summed E-state index contributed by atoms with van der Waals surface area (Å²) in [6.07, 6.45) is 0. The molecule has 3 N–H and O–H groups in total. The number of carbonyl (C=O) groups is 3. The van der Waals surface area contributed by atoms with Crippen molar-refractivity contribution in [1.82, 2.24) is 0 Å². The number of carboxylic acid groups (broad SMARTS) is 1. The molecule has 0 saturated heterocycles. The Morgan fingerprint density at radius 2 is 1.48 bits per heavy atom. The molecule has 0 aromatic heterocycles. The van der Waals surface area contributed by atoms with Crippen molar-refractivity contribution in [2.75, 3.05) is 5.32 Å². The van der Waals surface area contributed by atoms with Gasteiger partial charge < -0.3 is 20.3 Å². The van der Waals surface area contributed by atoms with E-state index in [9.17, 15) is 19.5 Å². The Balaban J connectivity index is 1.96. The molecule has 158 valence electrons. The van der Waals surface area contributed by atoms with Crippen molar-refractivity contribution in [3.8, 4) is 17.2 Å². The van der Waals surface area contributed by atoms with Gasteiger partial charge in [0.25, 0.3) is 0 Å². The van der Waals surface area contributed by atoms with E-state index in [0.717, 1.165) is 0 Å². The number of phenolic OH excluding ortho intramolecular Hbond substituents is 1. The van der Waals surface area contributed by atoms with Crippen LogP contribution in [0.15, 0.2) is 54.6 Å². The van der Waals surface area contributed by atoms with Gasteiger partial charge >= 0.3 is 11.9 Å². The maximum atomic E-state index is 12.9. The molecule has 7 nitrogen and oxygen atoms in total. The van der Waals surface area contributed by atoms with E-state index in [-0.39, 0.29) is 38.5 Å². The van der Waals surface area contributed by atoms with E-state index in [2.05, 4.69) is 5.32 Å². The number of aromatic hydroxyl groups is 1. The molecule has 0 atom stereocenters. The van der Waals surface area contributed by atoms with Gasteiger partial charge in [0.1, 0.15) is 11.5 Å². The molecule has 10 heteroatoms. The van der Waals surface area contributed by atoms with Gasteiger partial charge in [-0.15, -0.1) is 0 Å². The van der Waals surface area contributed by atoms with Gasteiger partial charge in [-0.3, -0.25) is 9.59 Å². The first-order valence-corrected chi connectivity index (χ1v) is 9.63. The van der Waals surface area contributed by atoms with Gasteiger partial charge in [-0.05, 0) is 54.6 Å². The van der Waals surface area contributed by atoms with Crippen LogP contribution in [0.1, 0.15) is 15.9 Å². The Labute approximate surface area is 190 Å². The van der Waals surface area contributed by atoms with E-state index < -0.39 is 17.7 Å². The van der Waals surface area contributed by atoms with Crippen LogP contribution in [0.4, 0.5) is 5.69 Å². The first-order chi connectivity index (χ1) is 14.7. The average molecular weight is 481 g/mol. The summed E-state index contributed by atoms with van der Waals surface area (Å²) in [6, 6.07) is 12.6. The van der Waals surface area contributed by atoms with Crippen molar-refractivity contribution in [3.63, 3.8) is 0 Å². The normalized spacial score (nSPS) is 10.4. The number of carboxylic acids is 1. The van der Waals surface area contributed by atoms with Crippen LogP contribution >= 0.6 is 34.8 Å². The molecule has 3 rings (SSSR count). The minimum atomic E-state index is -1.68. The molecule has 0 unspecified atom stereocenters. The summed E-state index contributed by atoms with van der Waals surface area (Å²) in [7, 11) is 0. The summed E-state index contributed by atoms with van der Waals surface area (Å²) in [5.41, 5.74) is 0.388. The fourth-order valence-electron chi connectivity index (χ4n) is 2.57. The molecule has 0 aliphatic carbocycles. The van der Waals surface area contributed by atoms with Crippen LogP contribution < -0.4 is 10.1 Å². The fraction of sp³-hybridized carbons (Fsp3) is 0. The second kappa shape index (κ2) is 9.26. The second-order valence-corrected chi connectivity index (χ2v) is 7.40. The molecule has 0 radical (unpaired) electrons. The Kier molecular flexibility index (Phi) is 6.70. The first kappa shape index (κ1) is 22.4. The summed E-state index contributed by atoms with van der Waals surface area (Å²) in [6.45, 7) is 0.